The number of Topliss-reactive ketones (excluding diaryl/α,β-unsaturated/α-hetero) is 1. The predicted molar refractivity (Wildman–Crippen MR) is 96.4 cm³/mol. The van der Waals surface area contributed by atoms with Crippen molar-refractivity contribution in [1.29, 1.82) is 0 Å². The number of carbonyl (C=O) groups is 2. The van der Waals surface area contributed by atoms with Crippen molar-refractivity contribution in [2.24, 2.45) is 0 Å². The van der Waals surface area contributed by atoms with Crippen LogP contribution in [-0.4, -0.2) is 18.3 Å². The molecule has 0 aliphatic heterocycles. The number of anilines is 1. The largest absolute Gasteiger partial charge is 0.481 e. The molecule has 0 heterocycles. The molecule has 0 bridgehead atoms. The standard InChI is InChI=1S/C18H17Cl2NO3/c1-3-12-4-6-14(7-5-12)21-17(23)10-24-18-15(11(2)22)8-13(19)9-16(18)20/h4-9H,3,10H2,1-2H3,(H,21,23). The molecule has 1 N–H and O–H groups in total. The molecule has 126 valence electrons. The van der Waals surface area contributed by atoms with Crippen LogP contribution in [-0.2, 0) is 11.2 Å². The minimum atomic E-state index is -0.347. The SMILES string of the molecule is CCc1ccc(NC(=O)COc2c(Cl)cc(Cl)cc2C(C)=O)cc1. The average molecular weight is 366 g/mol. The third-order valence-corrected chi connectivity index (χ3v) is 3.88. The van der Waals surface area contributed by atoms with E-state index in [1.165, 1.54) is 24.6 Å². The van der Waals surface area contributed by atoms with E-state index in [0.717, 1.165) is 6.42 Å². The maximum atomic E-state index is 12.0. The molecule has 4 nitrogen and oxygen atoms in total. The fourth-order valence-corrected chi connectivity index (χ4v) is 2.68. The molecule has 0 aromatic heterocycles. The Hall–Kier alpha value is -2.04. The van der Waals surface area contributed by atoms with Crippen molar-refractivity contribution in [1.82, 2.24) is 0 Å². The van der Waals surface area contributed by atoms with Crippen LogP contribution in [0, 0.1) is 0 Å². The number of hydrogen-bond donors (Lipinski definition) is 1. The molecule has 0 saturated carbocycles. The zero-order valence-electron chi connectivity index (χ0n) is 13.4. The fraction of sp³-hybridized carbons (Fsp3) is 0.222. The van der Waals surface area contributed by atoms with Crippen molar-refractivity contribution in [2.45, 2.75) is 20.3 Å². The van der Waals surface area contributed by atoms with Crippen molar-refractivity contribution in [3.8, 4) is 5.75 Å². The van der Waals surface area contributed by atoms with Crippen LogP contribution in [0.1, 0.15) is 29.8 Å². The van der Waals surface area contributed by atoms with Crippen LogP contribution in [0.5, 0.6) is 5.75 Å². The van der Waals surface area contributed by atoms with Gasteiger partial charge in [0.25, 0.3) is 5.91 Å². The Morgan fingerprint density at radius 2 is 1.79 bits per heavy atom. The van der Waals surface area contributed by atoms with E-state index >= 15 is 0 Å². The number of carbonyl (C=O) groups excluding carboxylic acids is 2. The summed E-state index contributed by atoms with van der Waals surface area (Å²) in [6.07, 6.45) is 0.931. The molecule has 0 spiro atoms. The molecule has 0 unspecified atom stereocenters. The minimum absolute atomic E-state index is 0.157. The van der Waals surface area contributed by atoms with E-state index in [1.54, 1.807) is 0 Å². The first-order valence-corrected chi connectivity index (χ1v) is 8.18. The molecule has 0 aliphatic carbocycles. The number of benzene rings is 2. The zero-order valence-corrected chi connectivity index (χ0v) is 14.9. The maximum absolute atomic E-state index is 12.0. The molecule has 0 radical (unpaired) electrons. The Labute approximate surface area is 150 Å². The van der Waals surface area contributed by atoms with Crippen molar-refractivity contribution in [3.05, 3.63) is 57.6 Å². The number of aryl methyl sites for hydroxylation is 1. The highest BCUT2D eigenvalue weighted by Crippen LogP contribution is 2.32. The Bertz CT molecular complexity index is 758. The van der Waals surface area contributed by atoms with Crippen molar-refractivity contribution in [2.75, 3.05) is 11.9 Å². The van der Waals surface area contributed by atoms with Gasteiger partial charge in [0.2, 0.25) is 0 Å². The van der Waals surface area contributed by atoms with E-state index < -0.39 is 0 Å². The highest BCUT2D eigenvalue weighted by molar-refractivity contribution is 6.36. The number of hydrogen-bond acceptors (Lipinski definition) is 3. The summed E-state index contributed by atoms with van der Waals surface area (Å²) >= 11 is 12.0. The van der Waals surface area contributed by atoms with Gasteiger partial charge >= 0.3 is 0 Å². The second-order valence-corrected chi connectivity index (χ2v) is 6.05. The summed E-state index contributed by atoms with van der Waals surface area (Å²) in [7, 11) is 0. The van der Waals surface area contributed by atoms with E-state index in [0.29, 0.717) is 10.7 Å². The summed E-state index contributed by atoms with van der Waals surface area (Å²) in [4.78, 5) is 23.7. The van der Waals surface area contributed by atoms with Crippen LogP contribution >= 0.6 is 23.2 Å². The van der Waals surface area contributed by atoms with Crippen LogP contribution in [0.4, 0.5) is 5.69 Å². The molecular formula is C18H17Cl2NO3. The van der Waals surface area contributed by atoms with Gasteiger partial charge in [-0.25, -0.2) is 0 Å². The van der Waals surface area contributed by atoms with Crippen LogP contribution in [0.2, 0.25) is 10.0 Å². The second kappa shape index (κ2) is 8.18. The molecule has 2 aromatic carbocycles. The lowest BCUT2D eigenvalue weighted by molar-refractivity contribution is -0.118. The van der Waals surface area contributed by atoms with E-state index in [4.69, 9.17) is 27.9 Å². The van der Waals surface area contributed by atoms with Gasteiger partial charge in [0.05, 0.1) is 10.6 Å². The van der Waals surface area contributed by atoms with E-state index in [9.17, 15) is 9.59 Å². The lowest BCUT2D eigenvalue weighted by Crippen LogP contribution is -2.21. The van der Waals surface area contributed by atoms with Gasteiger partial charge in [0.15, 0.2) is 12.4 Å². The Morgan fingerprint density at radius 1 is 1.12 bits per heavy atom. The summed E-state index contributed by atoms with van der Waals surface area (Å²) in [5, 5.41) is 3.24. The molecule has 0 fully saturated rings. The first-order valence-electron chi connectivity index (χ1n) is 7.42. The first-order chi connectivity index (χ1) is 11.4. The third-order valence-electron chi connectivity index (χ3n) is 3.38. The Morgan fingerprint density at radius 3 is 2.38 bits per heavy atom. The Balaban J connectivity index is 2.04. The molecule has 2 rings (SSSR count). The highest BCUT2D eigenvalue weighted by atomic mass is 35.5. The quantitative estimate of drug-likeness (QED) is 0.749. The number of ketones is 1. The predicted octanol–water partition coefficient (Wildman–Crippen LogP) is 4.78. The molecule has 24 heavy (non-hydrogen) atoms. The Kier molecular flexibility index (Phi) is 6.23. The van der Waals surface area contributed by atoms with Crippen molar-refractivity contribution in [3.63, 3.8) is 0 Å². The number of amides is 1. The molecule has 6 heteroatoms. The van der Waals surface area contributed by atoms with Crippen molar-refractivity contribution < 1.29 is 14.3 Å². The number of rotatable bonds is 6. The molecule has 0 atom stereocenters. The van der Waals surface area contributed by atoms with Gasteiger partial charge < -0.3 is 10.1 Å². The summed E-state index contributed by atoms with van der Waals surface area (Å²) in [6.45, 7) is 3.17. The van der Waals surface area contributed by atoms with E-state index in [-0.39, 0.29) is 34.6 Å². The van der Waals surface area contributed by atoms with E-state index in [2.05, 4.69) is 12.2 Å². The molecule has 2 aromatic rings. The van der Waals surface area contributed by atoms with Crippen LogP contribution in [0.25, 0.3) is 0 Å². The van der Waals surface area contributed by atoms with Gasteiger partial charge in [-0.05, 0) is 43.2 Å². The van der Waals surface area contributed by atoms with Gasteiger partial charge in [-0.3, -0.25) is 9.59 Å². The third kappa shape index (κ3) is 4.73. The normalized spacial score (nSPS) is 10.3. The summed E-state index contributed by atoms with van der Waals surface area (Å²) in [5.74, 6) is -0.435. The zero-order chi connectivity index (χ0) is 17.7. The fourth-order valence-electron chi connectivity index (χ4n) is 2.13. The average Bonchev–Trinajstić information content (AvgIpc) is 2.54. The highest BCUT2D eigenvalue weighted by Gasteiger charge is 2.16. The van der Waals surface area contributed by atoms with Gasteiger partial charge in [-0.1, -0.05) is 42.3 Å². The summed E-state index contributed by atoms with van der Waals surface area (Å²) in [5.41, 5.74) is 2.10. The van der Waals surface area contributed by atoms with Crippen LogP contribution in [0.3, 0.4) is 0 Å². The molecule has 0 aliphatic rings. The van der Waals surface area contributed by atoms with Gasteiger partial charge in [0.1, 0.15) is 5.75 Å². The van der Waals surface area contributed by atoms with Crippen molar-refractivity contribution >= 4 is 40.6 Å². The smallest absolute Gasteiger partial charge is 0.262 e. The summed E-state index contributed by atoms with van der Waals surface area (Å²) < 4.78 is 5.44. The number of nitrogens with one attached hydrogen (secondary N) is 1. The number of halogens is 2. The lowest BCUT2D eigenvalue weighted by Gasteiger charge is -2.12. The van der Waals surface area contributed by atoms with Gasteiger partial charge in [-0.2, -0.15) is 0 Å². The van der Waals surface area contributed by atoms with Gasteiger partial charge in [-0.15, -0.1) is 0 Å². The molecule has 1 amide bonds. The van der Waals surface area contributed by atoms with E-state index in [1.807, 2.05) is 24.3 Å². The molecular weight excluding hydrogens is 349 g/mol. The summed E-state index contributed by atoms with van der Waals surface area (Å²) in [6, 6.07) is 10.5. The second-order valence-electron chi connectivity index (χ2n) is 5.21. The number of ether oxygens (including phenoxy) is 1. The van der Waals surface area contributed by atoms with Gasteiger partial charge in [0, 0.05) is 10.7 Å². The van der Waals surface area contributed by atoms with Crippen LogP contribution in [0.15, 0.2) is 36.4 Å². The monoisotopic (exact) mass is 365 g/mol. The lowest BCUT2D eigenvalue weighted by atomic mass is 10.1. The maximum Gasteiger partial charge on any atom is 0.262 e. The molecule has 0 saturated heterocycles. The van der Waals surface area contributed by atoms with Crippen LogP contribution < -0.4 is 10.1 Å². The topological polar surface area (TPSA) is 55.4 Å². The minimum Gasteiger partial charge on any atom is -0.481 e. The first kappa shape index (κ1) is 18.3.